The molecule has 0 bridgehead atoms. The number of aliphatic hydroxyl groups is 1. The molecule has 0 fully saturated rings. The van der Waals surface area contributed by atoms with E-state index in [2.05, 4.69) is 0 Å². The Morgan fingerprint density at radius 3 is 2.12 bits per heavy atom. The number of nitrogens with zero attached hydrogens (tertiary/aromatic N) is 2. The summed E-state index contributed by atoms with van der Waals surface area (Å²) in [5.41, 5.74) is 2.17. The van der Waals surface area contributed by atoms with Crippen LogP contribution >= 0.6 is 0 Å². The second kappa shape index (κ2) is 9.75. The minimum absolute atomic E-state index is 0.0885. The lowest BCUT2D eigenvalue weighted by molar-refractivity contribution is -0.131. The first kappa shape index (κ1) is 21.7. The summed E-state index contributed by atoms with van der Waals surface area (Å²) in [6.07, 6.45) is 1.29. The zero-order valence-electron chi connectivity index (χ0n) is 17.9. The van der Waals surface area contributed by atoms with Crippen LogP contribution in [0.15, 0.2) is 66.7 Å². The highest BCUT2D eigenvalue weighted by atomic mass is 16.3. The van der Waals surface area contributed by atoms with Crippen LogP contribution in [0.2, 0.25) is 0 Å². The molecule has 0 aliphatic carbocycles. The van der Waals surface area contributed by atoms with Gasteiger partial charge in [-0.3, -0.25) is 19.3 Å². The van der Waals surface area contributed by atoms with Gasteiger partial charge in [-0.2, -0.15) is 0 Å². The number of hydrogen-bond donors (Lipinski definition) is 1. The average molecular weight is 431 g/mol. The molecule has 4 rings (SSSR count). The molecule has 1 N–H and O–H groups in total. The number of benzene rings is 3. The number of amides is 3. The first-order valence-electron chi connectivity index (χ1n) is 10.9. The third kappa shape index (κ3) is 4.41. The number of carbonyl (C=O) groups excluding carboxylic acids is 3. The summed E-state index contributed by atoms with van der Waals surface area (Å²) in [6, 6.07) is 20.8. The van der Waals surface area contributed by atoms with Crippen molar-refractivity contribution in [2.45, 2.75) is 19.3 Å². The number of rotatable bonds is 9. The lowest BCUT2D eigenvalue weighted by atomic mass is 9.94. The molecule has 3 aromatic carbocycles. The van der Waals surface area contributed by atoms with Gasteiger partial charge in [-0.25, -0.2) is 0 Å². The standard InChI is InChI=1S/C26H26N2O4/c29-18-17-27(16-14-19-7-2-1-3-8-19)23(30)13-6-15-28-25(31)21-11-4-9-20-10-5-12-22(24(20)21)26(28)32/h1-5,7-12,29H,6,13-18H2. The molecule has 0 atom stereocenters. The van der Waals surface area contributed by atoms with E-state index in [1.165, 1.54) is 4.90 Å². The van der Waals surface area contributed by atoms with Crippen LogP contribution in [0.25, 0.3) is 10.8 Å². The van der Waals surface area contributed by atoms with Crippen molar-refractivity contribution in [3.05, 3.63) is 83.4 Å². The van der Waals surface area contributed by atoms with Crippen LogP contribution in [0.3, 0.4) is 0 Å². The van der Waals surface area contributed by atoms with Gasteiger partial charge >= 0.3 is 0 Å². The number of hydrogen-bond acceptors (Lipinski definition) is 4. The third-order valence-electron chi connectivity index (χ3n) is 5.86. The van der Waals surface area contributed by atoms with Crippen LogP contribution in [0, 0.1) is 0 Å². The molecular weight excluding hydrogens is 404 g/mol. The minimum atomic E-state index is -0.317. The smallest absolute Gasteiger partial charge is 0.261 e. The lowest BCUT2D eigenvalue weighted by Crippen LogP contribution is -2.41. The fourth-order valence-corrected chi connectivity index (χ4v) is 4.22. The Hall–Kier alpha value is -3.51. The first-order chi connectivity index (χ1) is 15.6. The van der Waals surface area contributed by atoms with E-state index in [1.807, 2.05) is 54.6 Å². The van der Waals surface area contributed by atoms with Crippen molar-refractivity contribution in [1.29, 1.82) is 0 Å². The Labute approximate surface area is 187 Å². The van der Waals surface area contributed by atoms with E-state index in [4.69, 9.17) is 0 Å². The summed E-state index contributed by atoms with van der Waals surface area (Å²) in [5.74, 6) is -0.722. The van der Waals surface area contributed by atoms with E-state index in [0.717, 1.165) is 10.9 Å². The van der Waals surface area contributed by atoms with Crippen molar-refractivity contribution >= 4 is 28.5 Å². The van der Waals surface area contributed by atoms with E-state index in [9.17, 15) is 19.5 Å². The normalized spacial score (nSPS) is 13.0. The molecule has 1 aliphatic heterocycles. The topological polar surface area (TPSA) is 77.9 Å². The summed E-state index contributed by atoms with van der Waals surface area (Å²) in [5, 5.41) is 10.9. The van der Waals surface area contributed by atoms with Crippen LogP contribution in [0.4, 0.5) is 0 Å². The van der Waals surface area contributed by atoms with Gasteiger partial charge in [-0.1, -0.05) is 54.6 Å². The van der Waals surface area contributed by atoms with Crippen molar-refractivity contribution in [3.8, 4) is 0 Å². The SMILES string of the molecule is O=C(CCCN1C(=O)c2cccc3cccc(c23)C1=O)N(CCO)CCc1ccccc1. The predicted molar refractivity (Wildman–Crippen MR) is 122 cm³/mol. The Morgan fingerprint density at radius 2 is 1.50 bits per heavy atom. The Morgan fingerprint density at radius 1 is 0.844 bits per heavy atom. The second-order valence-corrected chi connectivity index (χ2v) is 7.91. The van der Waals surface area contributed by atoms with E-state index in [-0.39, 0.29) is 43.8 Å². The number of imide groups is 1. The molecule has 0 saturated carbocycles. The molecule has 6 heteroatoms. The fourth-order valence-electron chi connectivity index (χ4n) is 4.22. The minimum Gasteiger partial charge on any atom is -0.395 e. The quantitative estimate of drug-likeness (QED) is 0.529. The molecule has 3 amide bonds. The van der Waals surface area contributed by atoms with Gasteiger partial charge in [0.1, 0.15) is 0 Å². The number of aliphatic hydroxyl groups excluding tert-OH is 1. The van der Waals surface area contributed by atoms with Gasteiger partial charge in [0.2, 0.25) is 5.91 Å². The van der Waals surface area contributed by atoms with Crippen LogP contribution in [-0.4, -0.2) is 58.9 Å². The van der Waals surface area contributed by atoms with E-state index in [0.29, 0.717) is 35.9 Å². The average Bonchev–Trinajstić information content (AvgIpc) is 2.82. The van der Waals surface area contributed by atoms with Crippen LogP contribution in [-0.2, 0) is 11.2 Å². The highest BCUT2D eigenvalue weighted by Crippen LogP contribution is 2.30. The van der Waals surface area contributed by atoms with Crippen LogP contribution in [0.5, 0.6) is 0 Å². The molecule has 1 aliphatic rings. The molecule has 0 saturated heterocycles. The zero-order valence-corrected chi connectivity index (χ0v) is 17.9. The van der Waals surface area contributed by atoms with Crippen LogP contribution in [0.1, 0.15) is 39.1 Å². The zero-order chi connectivity index (χ0) is 22.5. The molecule has 3 aromatic rings. The Kier molecular flexibility index (Phi) is 6.61. The van der Waals surface area contributed by atoms with Gasteiger partial charge in [-0.05, 0) is 35.9 Å². The summed E-state index contributed by atoms with van der Waals surface area (Å²) in [4.78, 5) is 41.5. The maximum absolute atomic E-state index is 13.0. The van der Waals surface area contributed by atoms with Crippen molar-refractivity contribution in [2.24, 2.45) is 0 Å². The van der Waals surface area contributed by atoms with E-state index < -0.39 is 0 Å². The van der Waals surface area contributed by atoms with Crippen LogP contribution < -0.4 is 0 Å². The van der Waals surface area contributed by atoms with Crippen molar-refractivity contribution in [3.63, 3.8) is 0 Å². The highest BCUT2D eigenvalue weighted by molar-refractivity contribution is 6.25. The molecule has 0 radical (unpaired) electrons. The van der Waals surface area contributed by atoms with Crippen molar-refractivity contribution < 1.29 is 19.5 Å². The molecular formula is C26H26N2O4. The van der Waals surface area contributed by atoms with Gasteiger partial charge in [0, 0.05) is 42.6 Å². The molecule has 0 aromatic heterocycles. The first-order valence-corrected chi connectivity index (χ1v) is 10.9. The maximum atomic E-state index is 13.0. The lowest BCUT2D eigenvalue weighted by Gasteiger charge is -2.27. The van der Waals surface area contributed by atoms with Gasteiger partial charge in [-0.15, -0.1) is 0 Å². The van der Waals surface area contributed by atoms with Crippen molar-refractivity contribution in [1.82, 2.24) is 9.80 Å². The molecule has 0 unspecified atom stereocenters. The summed E-state index contributed by atoms with van der Waals surface area (Å²) in [7, 11) is 0. The molecule has 32 heavy (non-hydrogen) atoms. The van der Waals surface area contributed by atoms with Gasteiger partial charge in [0.05, 0.1) is 6.61 Å². The third-order valence-corrected chi connectivity index (χ3v) is 5.86. The molecule has 1 heterocycles. The molecule has 0 spiro atoms. The Bertz CT molecular complexity index is 1090. The van der Waals surface area contributed by atoms with E-state index >= 15 is 0 Å². The van der Waals surface area contributed by atoms with Gasteiger partial charge in [0.15, 0.2) is 0 Å². The molecule has 164 valence electrons. The second-order valence-electron chi connectivity index (χ2n) is 7.91. The predicted octanol–water partition coefficient (Wildman–Crippen LogP) is 3.28. The largest absolute Gasteiger partial charge is 0.395 e. The van der Waals surface area contributed by atoms with Gasteiger partial charge < -0.3 is 10.0 Å². The van der Waals surface area contributed by atoms with Crippen molar-refractivity contribution in [2.75, 3.05) is 26.2 Å². The maximum Gasteiger partial charge on any atom is 0.261 e. The fraction of sp³-hybridized carbons (Fsp3) is 0.269. The molecule has 6 nitrogen and oxygen atoms in total. The highest BCUT2D eigenvalue weighted by Gasteiger charge is 2.32. The van der Waals surface area contributed by atoms with E-state index in [1.54, 1.807) is 17.0 Å². The summed E-state index contributed by atoms with van der Waals surface area (Å²) >= 11 is 0. The monoisotopic (exact) mass is 430 g/mol. The number of carbonyl (C=O) groups is 3. The summed E-state index contributed by atoms with van der Waals surface area (Å²) < 4.78 is 0. The van der Waals surface area contributed by atoms with Gasteiger partial charge in [0.25, 0.3) is 11.8 Å². The Balaban J connectivity index is 1.38. The summed E-state index contributed by atoms with van der Waals surface area (Å²) in [6.45, 7) is 0.854.